The lowest BCUT2D eigenvalue weighted by molar-refractivity contribution is -0.384. The molecule has 0 saturated heterocycles. The maximum absolute atomic E-state index is 11.3. The van der Waals surface area contributed by atoms with Gasteiger partial charge in [-0.25, -0.2) is 0 Å². The van der Waals surface area contributed by atoms with E-state index in [0.29, 0.717) is 17.8 Å². The first-order chi connectivity index (χ1) is 10.0. The van der Waals surface area contributed by atoms with Gasteiger partial charge < -0.3 is 10.0 Å². The van der Waals surface area contributed by atoms with E-state index in [2.05, 4.69) is 0 Å². The van der Waals surface area contributed by atoms with Gasteiger partial charge in [0.2, 0.25) is 0 Å². The molecule has 0 aromatic heterocycles. The second kappa shape index (κ2) is 6.37. The quantitative estimate of drug-likeness (QED) is 0.670. The molecule has 0 saturated carbocycles. The fraction of sp³-hybridized carbons (Fsp3) is 0.250. The van der Waals surface area contributed by atoms with E-state index in [4.69, 9.17) is 0 Å². The van der Waals surface area contributed by atoms with Gasteiger partial charge in [0.15, 0.2) is 0 Å². The van der Waals surface area contributed by atoms with E-state index in [0.717, 1.165) is 5.69 Å². The van der Waals surface area contributed by atoms with Crippen LogP contribution in [0.15, 0.2) is 48.5 Å². The molecule has 2 aromatic carbocycles. The summed E-state index contributed by atoms with van der Waals surface area (Å²) in [6, 6.07) is 14.4. The van der Waals surface area contributed by atoms with Crippen LogP contribution in [-0.4, -0.2) is 16.6 Å². The van der Waals surface area contributed by atoms with E-state index in [-0.39, 0.29) is 5.69 Å². The minimum Gasteiger partial charge on any atom is -0.389 e. The second-order valence-electron chi connectivity index (χ2n) is 4.76. The molecule has 0 aliphatic carbocycles. The molecule has 1 N–H and O–H groups in total. The van der Waals surface area contributed by atoms with Crippen LogP contribution < -0.4 is 4.90 Å². The summed E-state index contributed by atoms with van der Waals surface area (Å²) < 4.78 is 0. The number of nitrogens with zero attached hydrogens (tertiary/aromatic N) is 2. The van der Waals surface area contributed by atoms with Gasteiger partial charge in [-0.05, 0) is 37.6 Å². The van der Waals surface area contributed by atoms with Crippen LogP contribution in [0.1, 0.15) is 25.5 Å². The molecule has 5 heteroatoms. The third-order valence-corrected chi connectivity index (χ3v) is 3.35. The van der Waals surface area contributed by atoms with Crippen molar-refractivity contribution in [3.8, 4) is 0 Å². The monoisotopic (exact) mass is 286 g/mol. The van der Waals surface area contributed by atoms with Crippen LogP contribution in [0, 0.1) is 10.1 Å². The van der Waals surface area contributed by atoms with Gasteiger partial charge in [0.1, 0.15) is 5.69 Å². The largest absolute Gasteiger partial charge is 0.389 e. The van der Waals surface area contributed by atoms with Crippen LogP contribution in [0.2, 0.25) is 0 Å². The van der Waals surface area contributed by atoms with Crippen molar-refractivity contribution in [2.75, 3.05) is 11.4 Å². The summed E-state index contributed by atoms with van der Waals surface area (Å²) in [6.07, 6.45) is -0.732. The zero-order valence-corrected chi connectivity index (χ0v) is 12.1. The Hall–Kier alpha value is -2.40. The predicted octanol–water partition coefficient (Wildman–Crippen LogP) is 3.81. The Morgan fingerprint density at radius 3 is 2.43 bits per heavy atom. The van der Waals surface area contributed by atoms with Gasteiger partial charge in [-0.1, -0.05) is 24.3 Å². The van der Waals surface area contributed by atoms with Crippen LogP contribution in [0.5, 0.6) is 0 Å². The maximum Gasteiger partial charge on any atom is 0.293 e. The lowest BCUT2D eigenvalue weighted by Gasteiger charge is -2.23. The van der Waals surface area contributed by atoms with Gasteiger partial charge in [-0.2, -0.15) is 0 Å². The van der Waals surface area contributed by atoms with Gasteiger partial charge in [0.05, 0.1) is 11.0 Å². The Morgan fingerprint density at radius 1 is 1.24 bits per heavy atom. The van der Waals surface area contributed by atoms with Crippen molar-refractivity contribution in [1.82, 2.24) is 0 Å². The number of nitro groups is 1. The smallest absolute Gasteiger partial charge is 0.293 e. The minimum absolute atomic E-state index is 0.000830. The normalized spacial score (nSPS) is 12.0. The molecule has 2 aromatic rings. The Labute approximate surface area is 123 Å². The first-order valence-electron chi connectivity index (χ1n) is 6.83. The molecule has 0 unspecified atom stereocenters. The summed E-state index contributed by atoms with van der Waals surface area (Å²) in [5.41, 5.74) is 1.96. The van der Waals surface area contributed by atoms with Crippen molar-refractivity contribution in [2.24, 2.45) is 0 Å². The average molecular weight is 286 g/mol. The van der Waals surface area contributed by atoms with Crippen LogP contribution in [0.4, 0.5) is 17.1 Å². The highest BCUT2D eigenvalue weighted by Crippen LogP contribution is 2.35. The Kier molecular flexibility index (Phi) is 4.55. The van der Waals surface area contributed by atoms with E-state index < -0.39 is 11.0 Å². The number of anilines is 2. The first-order valence-corrected chi connectivity index (χ1v) is 6.83. The van der Waals surface area contributed by atoms with E-state index in [1.807, 2.05) is 42.2 Å². The van der Waals surface area contributed by atoms with Crippen molar-refractivity contribution in [3.63, 3.8) is 0 Å². The molecule has 5 nitrogen and oxygen atoms in total. The summed E-state index contributed by atoms with van der Waals surface area (Å²) in [5.74, 6) is 0. The van der Waals surface area contributed by atoms with Crippen molar-refractivity contribution in [2.45, 2.75) is 20.0 Å². The average Bonchev–Trinajstić information content (AvgIpc) is 2.49. The SMILES string of the molecule is CCN(c1ccccc1)c1ccc([C@H](C)O)cc1[N+](=O)[O-]. The molecule has 0 fully saturated rings. The first kappa shape index (κ1) is 15.0. The highest BCUT2D eigenvalue weighted by atomic mass is 16.6. The Bertz CT molecular complexity index is 627. The molecule has 0 radical (unpaired) electrons. The highest BCUT2D eigenvalue weighted by molar-refractivity contribution is 5.72. The van der Waals surface area contributed by atoms with Gasteiger partial charge in [0.25, 0.3) is 5.69 Å². The van der Waals surface area contributed by atoms with Crippen molar-refractivity contribution >= 4 is 17.1 Å². The van der Waals surface area contributed by atoms with Crippen LogP contribution in [0.3, 0.4) is 0 Å². The molecular weight excluding hydrogens is 268 g/mol. The van der Waals surface area contributed by atoms with E-state index in [1.54, 1.807) is 19.1 Å². The maximum atomic E-state index is 11.3. The van der Waals surface area contributed by atoms with Crippen molar-refractivity contribution in [1.29, 1.82) is 0 Å². The lowest BCUT2D eigenvalue weighted by atomic mass is 10.1. The molecule has 0 aliphatic heterocycles. The molecule has 0 spiro atoms. The van der Waals surface area contributed by atoms with Gasteiger partial charge in [0, 0.05) is 18.3 Å². The number of nitro benzene ring substituents is 1. The molecule has 110 valence electrons. The lowest BCUT2D eigenvalue weighted by Crippen LogP contribution is -2.17. The van der Waals surface area contributed by atoms with Crippen molar-refractivity contribution < 1.29 is 10.0 Å². The van der Waals surface area contributed by atoms with Crippen LogP contribution in [-0.2, 0) is 0 Å². The van der Waals surface area contributed by atoms with Gasteiger partial charge in [-0.3, -0.25) is 10.1 Å². The number of hydrogen-bond donors (Lipinski definition) is 1. The zero-order valence-electron chi connectivity index (χ0n) is 12.1. The molecule has 0 heterocycles. The van der Waals surface area contributed by atoms with Gasteiger partial charge in [-0.15, -0.1) is 0 Å². The minimum atomic E-state index is -0.732. The fourth-order valence-electron chi connectivity index (χ4n) is 2.27. The molecule has 1 atom stereocenters. The number of rotatable bonds is 5. The standard InChI is InChI=1S/C16H18N2O3/c1-3-17(14-7-5-4-6-8-14)15-10-9-13(12(2)19)11-16(15)18(20)21/h4-12,19H,3H2,1-2H3/t12-/m0/s1. The Balaban J connectivity index is 2.53. The van der Waals surface area contributed by atoms with E-state index >= 15 is 0 Å². The summed E-state index contributed by atoms with van der Waals surface area (Å²) in [4.78, 5) is 12.8. The zero-order chi connectivity index (χ0) is 15.4. The third-order valence-electron chi connectivity index (χ3n) is 3.35. The van der Waals surface area contributed by atoms with Crippen LogP contribution >= 0.6 is 0 Å². The topological polar surface area (TPSA) is 66.6 Å². The van der Waals surface area contributed by atoms with E-state index in [9.17, 15) is 15.2 Å². The molecular formula is C16H18N2O3. The number of aliphatic hydroxyl groups is 1. The molecule has 0 bridgehead atoms. The second-order valence-corrected chi connectivity index (χ2v) is 4.76. The summed E-state index contributed by atoms with van der Waals surface area (Å²) in [7, 11) is 0. The number of benzene rings is 2. The Morgan fingerprint density at radius 2 is 1.90 bits per heavy atom. The van der Waals surface area contributed by atoms with Gasteiger partial charge >= 0.3 is 0 Å². The molecule has 21 heavy (non-hydrogen) atoms. The summed E-state index contributed by atoms with van der Waals surface area (Å²) in [5, 5.41) is 20.9. The third kappa shape index (κ3) is 3.20. The van der Waals surface area contributed by atoms with Crippen molar-refractivity contribution in [3.05, 3.63) is 64.2 Å². The number of hydrogen-bond acceptors (Lipinski definition) is 4. The number of para-hydroxylation sites is 1. The van der Waals surface area contributed by atoms with E-state index in [1.165, 1.54) is 6.07 Å². The molecule has 0 aliphatic rings. The molecule has 0 amide bonds. The highest BCUT2D eigenvalue weighted by Gasteiger charge is 2.21. The fourth-order valence-corrected chi connectivity index (χ4v) is 2.27. The number of aliphatic hydroxyl groups excluding tert-OH is 1. The summed E-state index contributed by atoms with van der Waals surface area (Å²) in [6.45, 7) is 4.14. The summed E-state index contributed by atoms with van der Waals surface area (Å²) >= 11 is 0. The predicted molar refractivity (Wildman–Crippen MR) is 82.9 cm³/mol. The van der Waals surface area contributed by atoms with Crippen LogP contribution in [0.25, 0.3) is 0 Å². The molecule has 2 rings (SSSR count).